The number of thioether (sulfide) groups is 1. The van der Waals surface area contributed by atoms with Crippen LogP contribution in [0.2, 0.25) is 0 Å². The minimum absolute atomic E-state index is 0.314. The summed E-state index contributed by atoms with van der Waals surface area (Å²) in [5.74, 6) is -0.314. The highest BCUT2D eigenvalue weighted by Crippen LogP contribution is 2.28. The maximum absolute atomic E-state index is 12.2. The third-order valence-corrected chi connectivity index (χ3v) is 5.17. The van der Waals surface area contributed by atoms with Gasteiger partial charge in [-0.05, 0) is 32.4 Å². The van der Waals surface area contributed by atoms with Gasteiger partial charge in [0.15, 0.2) is 5.16 Å². The molecule has 1 heterocycles. The number of unbranched alkanes of at least 4 members (excludes halogenated alkanes) is 3. The summed E-state index contributed by atoms with van der Waals surface area (Å²) in [5, 5.41) is 5.34. The maximum atomic E-state index is 12.2. The molecule has 3 amide bonds. The molecule has 1 aromatic heterocycles. The molecule has 0 aliphatic carbocycles. The second kappa shape index (κ2) is 10.2. The van der Waals surface area contributed by atoms with Crippen molar-refractivity contribution in [3.63, 3.8) is 0 Å². The lowest BCUT2D eigenvalue weighted by Crippen LogP contribution is -2.42. The van der Waals surface area contributed by atoms with Crippen molar-refractivity contribution < 1.29 is 9.59 Å². The number of aryl methyl sites for hydroxylation is 1. The number of carbonyl (C=O) groups is 2. The quantitative estimate of drug-likeness (QED) is 0.513. The number of rotatable bonds is 9. The Hall–Kier alpha value is -2.02. The molecular formula is C19H28N4O2S. The van der Waals surface area contributed by atoms with Gasteiger partial charge in [-0.25, -0.2) is 9.78 Å². The van der Waals surface area contributed by atoms with Crippen molar-refractivity contribution in [3.8, 4) is 0 Å². The highest BCUT2D eigenvalue weighted by atomic mass is 32.2. The van der Waals surface area contributed by atoms with E-state index in [1.54, 1.807) is 6.92 Å². The number of carbonyl (C=O) groups excluding carboxylic acids is 2. The molecule has 1 atom stereocenters. The normalized spacial score (nSPS) is 12.1. The minimum atomic E-state index is -0.460. The van der Waals surface area contributed by atoms with Crippen LogP contribution in [0.1, 0.15) is 46.5 Å². The van der Waals surface area contributed by atoms with Crippen LogP contribution in [0.4, 0.5) is 4.79 Å². The Labute approximate surface area is 159 Å². The fourth-order valence-corrected chi connectivity index (χ4v) is 3.64. The van der Waals surface area contributed by atoms with Gasteiger partial charge in [-0.2, -0.15) is 0 Å². The Balaban J connectivity index is 2.11. The van der Waals surface area contributed by atoms with Gasteiger partial charge in [-0.15, -0.1) is 0 Å². The molecule has 2 aromatic rings. The van der Waals surface area contributed by atoms with E-state index in [2.05, 4.69) is 28.2 Å². The largest absolute Gasteiger partial charge is 0.338 e. The summed E-state index contributed by atoms with van der Waals surface area (Å²) in [7, 11) is 0. The van der Waals surface area contributed by atoms with Gasteiger partial charge in [0.05, 0.1) is 16.3 Å². The van der Waals surface area contributed by atoms with Crippen molar-refractivity contribution in [3.05, 3.63) is 24.3 Å². The summed E-state index contributed by atoms with van der Waals surface area (Å²) < 4.78 is 2.19. The van der Waals surface area contributed by atoms with Crippen LogP contribution < -0.4 is 10.6 Å². The molecule has 0 fully saturated rings. The van der Waals surface area contributed by atoms with Crippen LogP contribution in [0.25, 0.3) is 11.0 Å². The first kappa shape index (κ1) is 20.3. The molecule has 26 heavy (non-hydrogen) atoms. The van der Waals surface area contributed by atoms with Gasteiger partial charge in [0.25, 0.3) is 0 Å². The topological polar surface area (TPSA) is 76.0 Å². The molecule has 2 N–H and O–H groups in total. The number of amides is 3. The average Bonchev–Trinajstić information content (AvgIpc) is 2.96. The molecule has 0 aliphatic heterocycles. The number of nitrogens with zero attached hydrogens (tertiary/aromatic N) is 2. The molecule has 0 aliphatic rings. The summed E-state index contributed by atoms with van der Waals surface area (Å²) in [6.45, 7) is 7.16. The second-order valence-corrected chi connectivity index (χ2v) is 7.51. The van der Waals surface area contributed by atoms with E-state index in [1.165, 1.54) is 31.0 Å². The van der Waals surface area contributed by atoms with E-state index in [0.717, 1.165) is 29.2 Å². The van der Waals surface area contributed by atoms with Gasteiger partial charge in [-0.3, -0.25) is 10.1 Å². The predicted octanol–water partition coefficient (Wildman–Crippen LogP) is 3.94. The summed E-state index contributed by atoms with van der Waals surface area (Å²) in [5.41, 5.74) is 2.02. The summed E-state index contributed by atoms with van der Waals surface area (Å²) in [6, 6.07) is 7.56. The fraction of sp³-hybridized carbons (Fsp3) is 0.526. The number of imidazole rings is 1. The smallest absolute Gasteiger partial charge is 0.321 e. The Morgan fingerprint density at radius 1 is 1.19 bits per heavy atom. The van der Waals surface area contributed by atoms with Gasteiger partial charge < -0.3 is 9.88 Å². The van der Waals surface area contributed by atoms with Gasteiger partial charge >= 0.3 is 6.03 Å². The van der Waals surface area contributed by atoms with E-state index >= 15 is 0 Å². The first-order chi connectivity index (χ1) is 12.6. The SMILES string of the molecule is CCCCCCn1c(S[C@H](C)C(=O)NC(=O)NCC)nc2ccccc21. The number of nitrogens with one attached hydrogen (secondary N) is 2. The Morgan fingerprint density at radius 3 is 2.69 bits per heavy atom. The zero-order valence-electron chi connectivity index (χ0n) is 15.7. The third kappa shape index (κ3) is 5.49. The van der Waals surface area contributed by atoms with Crippen molar-refractivity contribution in [2.24, 2.45) is 0 Å². The van der Waals surface area contributed by atoms with Crippen LogP contribution >= 0.6 is 11.8 Å². The van der Waals surface area contributed by atoms with Crippen molar-refractivity contribution in [1.29, 1.82) is 0 Å². The van der Waals surface area contributed by atoms with Gasteiger partial charge in [0.2, 0.25) is 5.91 Å². The van der Waals surface area contributed by atoms with Crippen LogP contribution in [0.15, 0.2) is 29.4 Å². The zero-order valence-corrected chi connectivity index (χ0v) is 16.6. The molecule has 0 unspecified atom stereocenters. The summed E-state index contributed by atoms with van der Waals surface area (Å²) >= 11 is 1.39. The second-order valence-electron chi connectivity index (χ2n) is 6.20. The highest BCUT2D eigenvalue weighted by molar-refractivity contribution is 8.00. The van der Waals surface area contributed by atoms with Crippen LogP contribution in [0.5, 0.6) is 0 Å². The summed E-state index contributed by atoms with van der Waals surface area (Å²) in [4.78, 5) is 28.5. The predicted molar refractivity (Wildman–Crippen MR) is 106 cm³/mol. The van der Waals surface area contributed by atoms with E-state index in [1.807, 2.05) is 25.1 Å². The average molecular weight is 377 g/mol. The molecular weight excluding hydrogens is 348 g/mol. The van der Waals surface area contributed by atoms with E-state index in [0.29, 0.717) is 6.54 Å². The lowest BCUT2D eigenvalue weighted by atomic mass is 10.2. The first-order valence-corrected chi connectivity index (χ1v) is 10.1. The van der Waals surface area contributed by atoms with E-state index in [4.69, 9.17) is 4.98 Å². The third-order valence-electron chi connectivity index (χ3n) is 4.08. The van der Waals surface area contributed by atoms with Crippen LogP contribution in [0.3, 0.4) is 0 Å². The Morgan fingerprint density at radius 2 is 1.96 bits per heavy atom. The van der Waals surface area contributed by atoms with E-state index in [9.17, 15) is 9.59 Å². The number of aromatic nitrogens is 2. The lowest BCUT2D eigenvalue weighted by molar-refractivity contribution is -0.119. The highest BCUT2D eigenvalue weighted by Gasteiger charge is 2.20. The molecule has 0 radical (unpaired) electrons. The Kier molecular flexibility index (Phi) is 7.97. The number of imide groups is 1. The number of urea groups is 1. The number of para-hydroxylation sites is 2. The molecule has 1 aromatic carbocycles. The number of fused-ring (bicyclic) bond motifs is 1. The van der Waals surface area contributed by atoms with Gasteiger partial charge in [0.1, 0.15) is 0 Å². The fourth-order valence-electron chi connectivity index (χ4n) is 2.69. The van der Waals surface area contributed by atoms with Gasteiger partial charge in [-0.1, -0.05) is 50.1 Å². The molecule has 0 saturated heterocycles. The maximum Gasteiger partial charge on any atom is 0.321 e. The number of hydrogen-bond acceptors (Lipinski definition) is 4. The molecule has 2 rings (SSSR count). The minimum Gasteiger partial charge on any atom is -0.338 e. The van der Waals surface area contributed by atoms with Crippen LogP contribution in [-0.4, -0.2) is 33.3 Å². The van der Waals surface area contributed by atoms with Gasteiger partial charge in [0, 0.05) is 13.1 Å². The van der Waals surface area contributed by atoms with Crippen LogP contribution in [-0.2, 0) is 11.3 Å². The standard InChI is InChI=1S/C19H28N4O2S/c1-4-6-7-10-13-23-16-12-9-8-11-15(16)21-19(23)26-14(3)17(24)22-18(25)20-5-2/h8-9,11-12,14H,4-7,10,13H2,1-3H3,(H2,20,22,24,25)/t14-/m1/s1. The van der Waals surface area contributed by atoms with Crippen molar-refractivity contribution in [2.75, 3.05) is 6.54 Å². The lowest BCUT2D eigenvalue weighted by Gasteiger charge is -2.13. The van der Waals surface area contributed by atoms with E-state index in [-0.39, 0.29) is 5.91 Å². The van der Waals surface area contributed by atoms with Crippen molar-refractivity contribution in [2.45, 2.75) is 63.4 Å². The van der Waals surface area contributed by atoms with Crippen molar-refractivity contribution in [1.82, 2.24) is 20.2 Å². The molecule has 7 heteroatoms. The first-order valence-electron chi connectivity index (χ1n) is 9.27. The monoisotopic (exact) mass is 376 g/mol. The van der Waals surface area contributed by atoms with E-state index < -0.39 is 11.3 Å². The molecule has 0 spiro atoms. The number of hydrogen-bond donors (Lipinski definition) is 2. The molecule has 6 nitrogen and oxygen atoms in total. The molecule has 142 valence electrons. The molecule has 0 bridgehead atoms. The Bertz CT molecular complexity index is 744. The molecule has 0 saturated carbocycles. The summed E-state index contributed by atoms with van der Waals surface area (Å²) in [6.07, 6.45) is 4.69. The van der Waals surface area contributed by atoms with Crippen molar-refractivity contribution >= 4 is 34.7 Å². The number of benzene rings is 1. The zero-order chi connectivity index (χ0) is 18.9. The van der Waals surface area contributed by atoms with Crippen LogP contribution in [0, 0.1) is 0 Å².